The molecule has 0 atom stereocenters. The molecule has 0 bridgehead atoms. The average Bonchev–Trinajstić information content (AvgIpc) is 2.56. The van der Waals surface area contributed by atoms with Gasteiger partial charge in [0.15, 0.2) is 0 Å². The Labute approximate surface area is 134 Å². The number of imide groups is 1. The number of nitrogens with two attached hydrogens (primary N) is 1. The SMILES string of the molecule is Nc1ccc(C(=O)NC(=O)NCCCOc2ccccc2)cc1. The van der Waals surface area contributed by atoms with E-state index in [2.05, 4.69) is 10.6 Å². The van der Waals surface area contributed by atoms with Crippen LogP contribution in [0, 0.1) is 0 Å². The molecule has 2 aromatic carbocycles. The number of nitrogen functional groups attached to an aromatic ring is 1. The molecule has 0 fully saturated rings. The van der Waals surface area contributed by atoms with E-state index < -0.39 is 11.9 Å². The number of hydrogen-bond donors (Lipinski definition) is 3. The van der Waals surface area contributed by atoms with Crippen molar-refractivity contribution < 1.29 is 14.3 Å². The van der Waals surface area contributed by atoms with Crippen LogP contribution >= 0.6 is 0 Å². The van der Waals surface area contributed by atoms with Crippen molar-refractivity contribution in [2.45, 2.75) is 6.42 Å². The number of para-hydroxylation sites is 1. The molecule has 0 unspecified atom stereocenters. The van der Waals surface area contributed by atoms with E-state index in [9.17, 15) is 9.59 Å². The smallest absolute Gasteiger partial charge is 0.321 e. The van der Waals surface area contributed by atoms with Gasteiger partial charge in [0.05, 0.1) is 6.61 Å². The van der Waals surface area contributed by atoms with Crippen LogP contribution in [0.25, 0.3) is 0 Å². The van der Waals surface area contributed by atoms with Crippen LogP contribution in [0.5, 0.6) is 5.75 Å². The van der Waals surface area contributed by atoms with Crippen molar-refractivity contribution in [3.63, 3.8) is 0 Å². The molecule has 4 N–H and O–H groups in total. The summed E-state index contributed by atoms with van der Waals surface area (Å²) in [5.74, 6) is 0.318. The van der Waals surface area contributed by atoms with Crippen molar-refractivity contribution >= 4 is 17.6 Å². The third-order valence-corrected chi connectivity index (χ3v) is 3.02. The lowest BCUT2D eigenvalue weighted by Gasteiger charge is -2.08. The molecule has 0 saturated heterocycles. The summed E-state index contributed by atoms with van der Waals surface area (Å²) in [7, 11) is 0. The predicted molar refractivity (Wildman–Crippen MR) is 88.3 cm³/mol. The van der Waals surface area contributed by atoms with Gasteiger partial charge in [-0.2, -0.15) is 0 Å². The second kappa shape index (κ2) is 8.43. The number of anilines is 1. The highest BCUT2D eigenvalue weighted by atomic mass is 16.5. The number of amides is 3. The summed E-state index contributed by atoms with van der Waals surface area (Å²) in [5, 5.41) is 4.86. The van der Waals surface area contributed by atoms with Crippen molar-refractivity contribution in [2.75, 3.05) is 18.9 Å². The highest BCUT2D eigenvalue weighted by molar-refractivity contribution is 6.04. The Morgan fingerprint density at radius 2 is 1.70 bits per heavy atom. The Morgan fingerprint density at radius 3 is 2.39 bits per heavy atom. The first-order chi connectivity index (χ1) is 11.1. The van der Waals surface area contributed by atoms with Gasteiger partial charge >= 0.3 is 6.03 Å². The van der Waals surface area contributed by atoms with Crippen molar-refractivity contribution in [1.29, 1.82) is 0 Å². The molecule has 0 spiro atoms. The molecule has 0 saturated carbocycles. The maximum Gasteiger partial charge on any atom is 0.321 e. The minimum Gasteiger partial charge on any atom is -0.494 e. The second-order valence-corrected chi connectivity index (χ2v) is 4.85. The Hall–Kier alpha value is -3.02. The lowest BCUT2D eigenvalue weighted by atomic mass is 10.2. The zero-order valence-corrected chi connectivity index (χ0v) is 12.6. The predicted octanol–water partition coefficient (Wildman–Crippen LogP) is 2.18. The van der Waals surface area contributed by atoms with E-state index in [0.29, 0.717) is 30.8 Å². The van der Waals surface area contributed by atoms with Crippen LogP contribution < -0.4 is 21.1 Å². The van der Waals surface area contributed by atoms with Gasteiger partial charge in [-0.1, -0.05) is 18.2 Å². The molecule has 2 aromatic rings. The first-order valence-electron chi connectivity index (χ1n) is 7.28. The van der Waals surface area contributed by atoms with Gasteiger partial charge in [-0.05, 0) is 42.8 Å². The summed E-state index contributed by atoms with van der Waals surface area (Å²) < 4.78 is 5.50. The molecule has 2 rings (SSSR count). The molecule has 6 heteroatoms. The fourth-order valence-corrected chi connectivity index (χ4v) is 1.83. The van der Waals surface area contributed by atoms with E-state index in [1.165, 1.54) is 0 Å². The number of benzene rings is 2. The Bertz CT molecular complexity index is 642. The number of carbonyl (C=O) groups excluding carboxylic acids is 2. The average molecular weight is 313 g/mol. The number of ether oxygens (including phenoxy) is 1. The molecule has 23 heavy (non-hydrogen) atoms. The number of urea groups is 1. The molecular formula is C17H19N3O3. The highest BCUT2D eigenvalue weighted by Gasteiger charge is 2.09. The van der Waals surface area contributed by atoms with Gasteiger partial charge in [0.1, 0.15) is 5.75 Å². The van der Waals surface area contributed by atoms with Gasteiger partial charge in [0.25, 0.3) is 5.91 Å². The Kier molecular flexibility index (Phi) is 5.99. The van der Waals surface area contributed by atoms with Crippen molar-refractivity contribution in [3.8, 4) is 5.75 Å². The zero-order valence-electron chi connectivity index (χ0n) is 12.6. The van der Waals surface area contributed by atoms with Crippen LogP contribution in [0.1, 0.15) is 16.8 Å². The van der Waals surface area contributed by atoms with Crippen LogP contribution in [-0.4, -0.2) is 25.1 Å². The summed E-state index contributed by atoms with van der Waals surface area (Å²) in [5.41, 5.74) is 6.48. The quantitative estimate of drug-likeness (QED) is 0.563. The van der Waals surface area contributed by atoms with Crippen molar-refractivity contribution in [2.24, 2.45) is 0 Å². The number of carbonyl (C=O) groups is 2. The van der Waals surface area contributed by atoms with Crippen molar-refractivity contribution in [3.05, 3.63) is 60.2 Å². The second-order valence-electron chi connectivity index (χ2n) is 4.85. The highest BCUT2D eigenvalue weighted by Crippen LogP contribution is 2.08. The van der Waals surface area contributed by atoms with Crippen LogP contribution in [0.3, 0.4) is 0 Å². The first kappa shape index (κ1) is 16.4. The molecule has 0 heterocycles. The van der Waals surface area contributed by atoms with E-state index in [4.69, 9.17) is 10.5 Å². The molecule has 0 aliphatic rings. The normalized spacial score (nSPS) is 9.91. The van der Waals surface area contributed by atoms with Gasteiger partial charge in [0, 0.05) is 17.8 Å². The minimum atomic E-state index is -0.536. The fraction of sp³-hybridized carbons (Fsp3) is 0.176. The van der Waals surface area contributed by atoms with Gasteiger partial charge in [0.2, 0.25) is 0 Å². The van der Waals surface area contributed by atoms with Crippen LogP contribution in [-0.2, 0) is 0 Å². The summed E-state index contributed by atoms with van der Waals surface area (Å²) in [6.07, 6.45) is 0.637. The molecule has 3 amide bonds. The maximum absolute atomic E-state index is 11.8. The van der Waals surface area contributed by atoms with E-state index in [1.807, 2.05) is 30.3 Å². The fourth-order valence-electron chi connectivity index (χ4n) is 1.83. The van der Waals surface area contributed by atoms with Crippen LogP contribution in [0.2, 0.25) is 0 Å². The summed E-state index contributed by atoms with van der Waals surface area (Å²) in [4.78, 5) is 23.4. The summed E-state index contributed by atoms with van der Waals surface area (Å²) in [6, 6.07) is 15.2. The number of hydrogen-bond acceptors (Lipinski definition) is 4. The number of nitrogens with one attached hydrogen (secondary N) is 2. The maximum atomic E-state index is 11.8. The third kappa shape index (κ3) is 5.70. The lowest BCUT2D eigenvalue weighted by Crippen LogP contribution is -2.40. The topological polar surface area (TPSA) is 93.5 Å². The third-order valence-electron chi connectivity index (χ3n) is 3.02. The van der Waals surface area contributed by atoms with Gasteiger partial charge < -0.3 is 15.8 Å². The largest absolute Gasteiger partial charge is 0.494 e. The molecule has 6 nitrogen and oxygen atoms in total. The van der Waals surface area contributed by atoms with E-state index in [-0.39, 0.29) is 0 Å². The Morgan fingerprint density at radius 1 is 1.00 bits per heavy atom. The molecular weight excluding hydrogens is 294 g/mol. The van der Waals surface area contributed by atoms with Crippen molar-refractivity contribution in [1.82, 2.24) is 10.6 Å². The lowest BCUT2D eigenvalue weighted by molar-refractivity contribution is 0.0964. The molecule has 0 aliphatic heterocycles. The van der Waals surface area contributed by atoms with E-state index >= 15 is 0 Å². The molecule has 0 aliphatic carbocycles. The standard InChI is InChI=1S/C17H19N3O3/c18-14-9-7-13(8-10-14)16(21)20-17(22)19-11-4-12-23-15-5-2-1-3-6-15/h1-3,5-10H,4,11-12,18H2,(H2,19,20,21,22). The summed E-state index contributed by atoms with van der Waals surface area (Å²) in [6.45, 7) is 0.893. The monoisotopic (exact) mass is 313 g/mol. The van der Waals surface area contributed by atoms with Crippen LogP contribution in [0.15, 0.2) is 54.6 Å². The minimum absolute atomic E-state index is 0.377. The molecule has 0 radical (unpaired) electrons. The van der Waals surface area contributed by atoms with E-state index in [1.54, 1.807) is 24.3 Å². The number of rotatable bonds is 6. The first-order valence-corrected chi connectivity index (χ1v) is 7.28. The van der Waals surface area contributed by atoms with Gasteiger partial charge in [-0.3, -0.25) is 10.1 Å². The van der Waals surface area contributed by atoms with E-state index in [0.717, 1.165) is 5.75 Å². The Balaban J connectivity index is 1.63. The van der Waals surface area contributed by atoms with Crippen LogP contribution in [0.4, 0.5) is 10.5 Å². The molecule has 0 aromatic heterocycles. The molecule has 120 valence electrons. The summed E-state index contributed by atoms with van der Waals surface area (Å²) >= 11 is 0. The zero-order chi connectivity index (χ0) is 16.5. The van der Waals surface area contributed by atoms with Gasteiger partial charge in [-0.15, -0.1) is 0 Å². The van der Waals surface area contributed by atoms with Gasteiger partial charge in [-0.25, -0.2) is 4.79 Å².